The van der Waals surface area contributed by atoms with Gasteiger partial charge in [-0.2, -0.15) is 15.1 Å². The van der Waals surface area contributed by atoms with Gasteiger partial charge in [-0.1, -0.05) is 18.2 Å². The Morgan fingerprint density at radius 1 is 1.40 bits per heavy atom. The molecule has 14 heteroatoms. The number of nitrogens with two attached hydrogens (primary N) is 1. The summed E-state index contributed by atoms with van der Waals surface area (Å²) >= 11 is 0. The fourth-order valence-electron chi connectivity index (χ4n) is 3.61. The maximum atomic E-state index is 13.6. The third kappa shape index (κ3) is 5.59. The van der Waals surface area contributed by atoms with Gasteiger partial charge in [-0.05, 0) is 25.5 Å². The van der Waals surface area contributed by atoms with Gasteiger partial charge in [0.25, 0.3) is 0 Å². The number of hydrogen-bond donors (Lipinski definition) is 3. The first-order valence-corrected chi connectivity index (χ1v) is 12.1. The lowest BCUT2D eigenvalue weighted by Crippen LogP contribution is -2.33. The highest BCUT2D eigenvalue weighted by Gasteiger charge is 2.33. The summed E-state index contributed by atoms with van der Waals surface area (Å²) in [6.45, 7) is 1.25. The van der Waals surface area contributed by atoms with Crippen LogP contribution in [-0.2, 0) is 13.9 Å². The highest BCUT2D eigenvalue weighted by atomic mass is 31.2. The Morgan fingerprint density at radius 3 is 2.91 bits per heavy atom. The Labute approximate surface area is 199 Å². The number of carboxylic acids is 1. The van der Waals surface area contributed by atoms with Gasteiger partial charge < -0.3 is 24.7 Å². The predicted molar refractivity (Wildman–Crippen MR) is 123 cm³/mol. The van der Waals surface area contributed by atoms with Crippen LogP contribution in [0, 0.1) is 11.7 Å². The van der Waals surface area contributed by atoms with Crippen molar-refractivity contribution in [2.75, 3.05) is 19.5 Å². The fraction of sp³-hybridized carbons (Fsp3) is 0.333. The molecular formula is C21H24FN6O6P. The average Bonchev–Trinajstić information content (AvgIpc) is 3.44. The first-order chi connectivity index (χ1) is 16.7. The second-order valence-electron chi connectivity index (χ2n) is 7.89. The molecule has 35 heavy (non-hydrogen) atoms. The Balaban J connectivity index is 1.47. The second-order valence-corrected chi connectivity index (χ2v) is 9.59. The maximum Gasteiger partial charge on any atom is 0.459 e. The lowest BCUT2D eigenvalue weighted by Gasteiger charge is -2.23. The normalized spacial score (nSPS) is 20.0. The third-order valence-electron chi connectivity index (χ3n) is 5.31. The van der Waals surface area contributed by atoms with Gasteiger partial charge in [0.05, 0.1) is 26.1 Å². The molecular weight excluding hydrogens is 482 g/mol. The molecule has 0 radical (unpaired) electrons. The average molecular weight is 506 g/mol. The van der Waals surface area contributed by atoms with E-state index in [1.165, 1.54) is 32.2 Å². The molecule has 4 N–H and O–H groups in total. The SMILES string of the molecule is COc1nc(N)nc2c1ncn2[C@H]1C=C[C@@H](COP(=O)(NC(C)C(=O)O)Oc2cccc(F)c2)C1. The molecule has 2 unspecified atom stereocenters. The molecule has 3 aromatic rings. The standard InChI is InChI=1S/C21H24FN6O6P/c1-12(20(29)30)27-35(31,34-16-5-3-4-14(22)9-16)33-10-13-6-7-15(8-13)28-11-24-17-18(28)25-21(23)26-19(17)32-2/h3-7,9,11-13,15H,8,10H2,1-2H3,(H,27,31)(H,29,30)(H2,23,25,26)/t12?,13-,15+,35?/m1/s1. The van der Waals surface area contributed by atoms with Crippen molar-refractivity contribution in [1.29, 1.82) is 0 Å². The van der Waals surface area contributed by atoms with Gasteiger partial charge in [-0.15, -0.1) is 0 Å². The van der Waals surface area contributed by atoms with E-state index in [4.69, 9.17) is 19.5 Å². The number of nitrogen functional groups attached to an aromatic ring is 1. The molecule has 1 aliphatic rings. The van der Waals surface area contributed by atoms with Crippen molar-refractivity contribution in [2.24, 2.45) is 5.92 Å². The number of methoxy groups -OCH3 is 1. The van der Waals surface area contributed by atoms with Crippen LogP contribution in [0.5, 0.6) is 11.6 Å². The zero-order chi connectivity index (χ0) is 25.2. The number of rotatable bonds is 10. The van der Waals surface area contributed by atoms with Crippen LogP contribution in [0.25, 0.3) is 11.2 Å². The first kappa shape index (κ1) is 24.6. The molecule has 1 aliphatic carbocycles. The molecule has 0 aliphatic heterocycles. The summed E-state index contributed by atoms with van der Waals surface area (Å²) in [5.41, 5.74) is 6.75. The summed E-state index contributed by atoms with van der Waals surface area (Å²) in [5.74, 6) is -1.79. The quantitative estimate of drug-likeness (QED) is 0.274. The van der Waals surface area contributed by atoms with Crippen molar-refractivity contribution in [3.8, 4) is 11.6 Å². The van der Waals surface area contributed by atoms with Crippen molar-refractivity contribution in [3.05, 3.63) is 48.6 Å². The molecule has 4 rings (SSSR count). The van der Waals surface area contributed by atoms with Crippen LogP contribution in [0.3, 0.4) is 0 Å². The summed E-state index contributed by atoms with van der Waals surface area (Å²) in [4.78, 5) is 23.9. The number of halogens is 1. The first-order valence-electron chi connectivity index (χ1n) is 10.6. The molecule has 0 saturated heterocycles. The number of imidazole rings is 1. The van der Waals surface area contributed by atoms with E-state index in [-0.39, 0.29) is 36.1 Å². The highest BCUT2D eigenvalue weighted by Crippen LogP contribution is 2.46. The van der Waals surface area contributed by atoms with Crippen LogP contribution in [-0.4, -0.2) is 50.4 Å². The maximum absolute atomic E-state index is 13.6. The summed E-state index contributed by atoms with van der Waals surface area (Å²) in [5, 5.41) is 11.6. The van der Waals surface area contributed by atoms with E-state index in [1.54, 1.807) is 6.33 Å². The van der Waals surface area contributed by atoms with E-state index in [2.05, 4.69) is 20.0 Å². The van der Waals surface area contributed by atoms with E-state index >= 15 is 0 Å². The topological polar surface area (TPSA) is 164 Å². The van der Waals surface area contributed by atoms with Gasteiger partial charge in [-0.3, -0.25) is 9.32 Å². The highest BCUT2D eigenvalue weighted by molar-refractivity contribution is 7.52. The Bertz CT molecular complexity index is 1320. The molecule has 0 saturated carbocycles. The number of carboxylic acid groups (broad SMARTS) is 1. The molecule has 0 amide bonds. The van der Waals surface area contributed by atoms with Crippen molar-refractivity contribution < 1.29 is 32.6 Å². The Hall–Kier alpha value is -3.54. The van der Waals surface area contributed by atoms with Crippen LogP contribution in [0.2, 0.25) is 0 Å². The number of anilines is 1. The summed E-state index contributed by atoms with van der Waals surface area (Å²) in [6, 6.07) is 3.61. The molecule has 186 valence electrons. The summed E-state index contributed by atoms with van der Waals surface area (Å²) in [6.07, 6.45) is 5.96. The Morgan fingerprint density at radius 2 is 2.20 bits per heavy atom. The number of carbonyl (C=O) groups is 1. The lowest BCUT2D eigenvalue weighted by molar-refractivity contribution is -0.138. The third-order valence-corrected chi connectivity index (χ3v) is 6.95. The molecule has 12 nitrogen and oxygen atoms in total. The molecule has 2 heterocycles. The fourth-order valence-corrected chi connectivity index (χ4v) is 5.16. The van der Waals surface area contributed by atoms with E-state index < -0.39 is 25.6 Å². The van der Waals surface area contributed by atoms with Crippen molar-refractivity contribution in [3.63, 3.8) is 0 Å². The number of benzene rings is 1. The molecule has 4 atom stereocenters. The number of hydrogen-bond acceptors (Lipinski definition) is 9. The van der Waals surface area contributed by atoms with Crippen molar-refractivity contribution in [2.45, 2.75) is 25.4 Å². The monoisotopic (exact) mass is 506 g/mol. The van der Waals surface area contributed by atoms with E-state index in [9.17, 15) is 18.9 Å². The lowest BCUT2D eigenvalue weighted by atomic mass is 10.1. The zero-order valence-corrected chi connectivity index (χ0v) is 19.8. The molecule has 2 aromatic heterocycles. The Kier molecular flexibility index (Phi) is 7.01. The van der Waals surface area contributed by atoms with Gasteiger partial charge in [0.2, 0.25) is 11.8 Å². The molecule has 1 aromatic carbocycles. The number of ether oxygens (including phenoxy) is 1. The van der Waals surface area contributed by atoms with Crippen LogP contribution in [0.15, 0.2) is 42.7 Å². The van der Waals surface area contributed by atoms with Crippen LogP contribution < -0.4 is 20.1 Å². The number of aliphatic carboxylic acids is 1. The largest absolute Gasteiger partial charge is 0.480 e. The van der Waals surface area contributed by atoms with Crippen molar-refractivity contribution >= 4 is 30.8 Å². The molecule has 0 spiro atoms. The van der Waals surface area contributed by atoms with Gasteiger partial charge in [0.1, 0.15) is 17.6 Å². The van der Waals surface area contributed by atoms with Gasteiger partial charge in [0, 0.05) is 12.0 Å². The zero-order valence-electron chi connectivity index (χ0n) is 18.9. The van der Waals surface area contributed by atoms with E-state index in [0.717, 1.165) is 6.07 Å². The van der Waals surface area contributed by atoms with E-state index in [0.29, 0.717) is 17.6 Å². The van der Waals surface area contributed by atoms with Crippen LogP contribution >= 0.6 is 7.75 Å². The minimum Gasteiger partial charge on any atom is -0.480 e. The van der Waals surface area contributed by atoms with Crippen LogP contribution in [0.1, 0.15) is 19.4 Å². The van der Waals surface area contributed by atoms with Crippen molar-refractivity contribution in [1.82, 2.24) is 24.6 Å². The van der Waals surface area contributed by atoms with E-state index in [1.807, 2.05) is 16.7 Å². The van der Waals surface area contributed by atoms with Gasteiger partial charge in [0.15, 0.2) is 11.2 Å². The number of aromatic nitrogens is 4. The smallest absolute Gasteiger partial charge is 0.459 e. The predicted octanol–water partition coefficient (Wildman–Crippen LogP) is 2.94. The molecule has 0 fully saturated rings. The second kappa shape index (κ2) is 9.98. The van der Waals surface area contributed by atoms with Crippen LogP contribution in [0.4, 0.5) is 10.3 Å². The molecule has 0 bridgehead atoms. The summed E-state index contributed by atoms with van der Waals surface area (Å²) < 4.78 is 44.9. The number of allylic oxidation sites excluding steroid dienone is 1. The minimum atomic E-state index is -4.16. The minimum absolute atomic E-state index is 0.0482. The summed E-state index contributed by atoms with van der Waals surface area (Å²) in [7, 11) is -2.70. The number of nitrogens with one attached hydrogen (secondary N) is 1. The number of fused-ring (bicyclic) bond motifs is 1. The number of nitrogens with zero attached hydrogens (tertiary/aromatic N) is 4. The van der Waals surface area contributed by atoms with Gasteiger partial charge in [-0.25, -0.2) is 13.9 Å². The van der Waals surface area contributed by atoms with Gasteiger partial charge >= 0.3 is 13.7 Å².